The lowest BCUT2D eigenvalue weighted by Crippen LogP contribution is -2.37. The van der Waals surface area contributed by atoms with Gasteiger partial charge in [-0.3, -0.25) is 4.68 Å². The second-order valence-corrected chi connectivity index (χ2v) is 5.30. The van der Waals surface area contributed by atoms with E-state index in [1.165, 1.54) is 0 Å². The average molecular weight is 443 g/mol. The number of halogens is 1. The van der Waals surface area contributed by atoms with Crippen molar-refractivity contribution in [2.75, 3.05) is 13.7 Å². The molecule has 0 unspecified atom stereocenters. The molecule has 0 aliphatic rings. The normalized spacial score (nSPS) is 10.9. The monoisotopic (exact) mass is 443 g/mol. The number of nitrogens with zero attached hydrogens (tertiary/aromatic N) is 3. The van der Waals surface area contributed by atoms with Crippen molar-refractivity contribution in [2.45, 2.75) is 26.9 Å². The van der Waals surface area contributed by atoms with Crippen molar-refractivity contribution in [1.29, 1.82) is 0 Å². The molecule has 6 nitrogen and oxygen atoms in total. The van der Waals surface area contributed by atoms with Crippen molar-refractivity contribution in [3.05, 3.63) is 47.3 Å². The Morgan fingerprint density at radius 3 is 2.71 bits per heavy atom. The number of hydrogen-bond donors (Lipinski definition) is 2. The molecule has 132 valence electrons. The van der Waals surface area contributed by atoms with E-state index in [-0.39, 0.29) is 24.0 Å². The maximum Gasteiger partial charge on any atom is 0.191 e. The molecule has 0 atom stereocenters. The van der Waals surface area contributed by atoms with Crippen LogP contribution in [0.2, 0.25) is 0 Å². The Kier molecular flexibility index (Phi) is 8.59. The van der Waals surface area contributed by atoms with E-state index >= 15 is 0 Å². The van der Waals surface area contributed by atoms with Gasteiger partial charge in [0.1, 0.15) is 5.75 Å². The van der Waals surface area contributed by atoms with Gasteiger partial charge >= 0.3 is 0 Å². The SMILES string of the molecule is CCNC(=NCc1ccc(C)c(OC)c1)NCc1ccnn1C.I. The molecule has 0 spiro atoms. The summed E-state index contributed by atoms with van der Waals surface area (Å²) in [7, 11) is 3.62. The van der Waals surface area contributed by atoms with Gasteiger partial charge < -0.3 is 15.4 Å². The van der Waals surface area contributed by atoms with Crippen molar-refractivity contribution in [3.8, 4) is 5.75 Å². The predicted octanol–water partition coefficient (Wildman–Crippen LogP) is 2.61. The number of guanidine groups is 1. The van der Waals surface area contributed by atoms with Gasteiger partial charge in [0.2, 0.25) is 0 Å². The summed E-state index contributed by atoms with van der Waals surface area (Å²) in [6.07, 6.45) is 1.79. The molecule has 0 aliphatic carbocycles. The maximum atomic E-state index is 5.36. The van der Waals surface area contributed by atoms with E-state index in [1.54, 1.807) is 13.3 Å². The van der Waals surface area contributed by atoms with Gasteiger partial charge in [-0.2, -0.15) is 5.10 Å². The number of ether oxygens (including phenoxy) is 1. The van der Waals surface area contributed by atoms with E-state index in [1.807, 2.05) is 30.8 Å². The number of benzene rings is 1. The number of nitrogens with one attached hydrogen (secondary N) is 2. The van der Waals surface area contributed by atoms with E-state index in [2.05, 4.69) is 39.8 Å². The van der Waals surface area contributed by atoms with Crippen LogP contribution in [0.4, 0.5) is 0 Å². The summed E-state index contributed by atoms with van der Waals surface area (Å²) in [5, 5.41) is 10.7. The van der Waals surface area contributed by atoms with Crippen LogP contribution in [0.5, 0.6) is 5.75 Å². The fourth-order valence-electron chi connectivity index (χ4n) is 2.22. The standard InChI is InChI=1S/C17H25N5O.HI/c1-5-18-17(20-12-15-8-9-21-22(15)3)19-11-14-7-6-13(2)16(10-14)23-4;/h6-10H,5,11-12H2,1-4H3,(H2,18,19,20);1H. The molecule has 1 heterocycles. The highest BCUT2D eigenvalue weighted by molar-refractivity contribution is 14.0. The van der Waals surface area contributed by atoms with Crippen LogP contribution in [0.15, 0.2) is 35.5 Å². The van der Waals surface area contributed by atoms with Gasteiger partial charge in [0.25, 0.3) is 0 Å². The zero-order chi connectivity index (χ0) is 16.7. The number of aryl methyl sites for hydroxylation is 2. The van der Waals surface area contributed by atoms with E-state index in [0.717, 1.165) is 35.1 Å². The average Bonchev–Trinajstić information content (AvgIpc) is 2.96. The quantitative estimate of drug-likeness (QED) is 0.410. The first-order valence-electron chi connectivity index (χ1n) is 7.76. The van der Waals surface area contributed by atoms with Crippen LogP contribution >= 0.6 is 24.0 Å². The third kappa shape index (κ3) is 5.70. The van der Waals surface area contributed by atoms with Crippen molar-refractivity contribution < 1.29 is 4.74 Å². The maximum absolute atomic E-state index is 5.36. The van der Waals surface area contributed by atoms with Gasteiger partial charge in [0.05, 0.1) is 25.9 Å². The molecule has 0 saturated carbocycles. The molecule has 24 heavy (non-hydrogen) atoms. The van der Waals surface area contributed by atoms with Gasteiger partial charge in [0.15, 0.2) is 5.96 Å². The van der Waals surface area contributed by atoms with Crippen molar-refractivity contribution in [3.63, 3.8) is 0 Å². The van der Waals surface area contributed by atoms with Gasteiger partial charge in [-0.15, -0.1) is 24.0 Å². The Balaban J connectivity index is 0.00000288. The lowest BCUT2D eigenvalue weighted by Gasteiger charge is -2.12. The van der Waals surface area contributed by atoms with Crippen molar-refractivity contribution in [2.24, 2.45) is 12.0 Å². The molecular weight excluding hydrogens is 417 g/mol. The molecule has 2 aromatic rings. The smallest absolute Gasteiger partial charge is 0.191 e. The Labute approximate surface area is 160 Å². The molecule has 0 radical (unpaired) electrons. The number of rotatable bonds is 6. The van der Waals surface area contributed by atoms with Crippen molar-refractivity contribution >= 4 is 29.9 Å². The third-order valence-electron chi connectivity index (χ3n) is 3.60. The molecule has 2 rings (SSSR count). The van der Waals surface area contributed by atoms with E-state index in [0.29, 0.717) is 13.1 Å². The second kappa shape index (κ2) is 10.2. The topological polar surface area (TPSA) is 63.5 Å². The lowest BCUT2D eigenvalue weighted by molar-refractivity contribution is 0.411. The Morgan fingerprint density at radius 1 is 1.29 bits per heavy atom. The highest BCUT2D eigenvalue weighted by Gasteiger charge is 2.03. The van der Waals surface area contributed by atoms with Crippen LogP contribution in [0.1, 0.15) is 23.7 Å². The highest BCUT2D eigenvalue weighted by Crippen LogP contribution is 2.19. The highest BCUT2D eigenvalue weighted by atomic mass is 127. The Hall–Kier alpha value is -1.77. The predicted molar refractivity (Wildman–Crippen MR) is 108 cm³/mol. The summed E-state index contributed by atoms with van der Waals surface area (Å²) in [4.78, 5) is 4.63. The van der Waals surface area contributed by atoms with Gasteiger partial charge in [0, 0.05) is 19.8 Å². The number of methoxy groups -OCH3 is 1. The van der Waals surface area contributed by atoms with Crippen LogP contribution in [0, 0.1) is 6.92 Å². The van der Waals surface area contributed by atoms with Crippen LogP contribution in [-0.4, -0.2) is 29.4 Å². The van der Waals surface area contributed by atoms with Gasteiger partial charge in [-0.1, -0.05) is 12.1 Å². The molecule has 0 fully saturated rings. The lowest BCUT2D eigenvalue weighted by atomic mass is 10.1. The first-order chi connectivity index (χ1) is 11.1. The Bertz CT molecular complexity index is 669. The largest absolute Gasteiger partial charge is 0.496 e. The summed E-state index contributed by atoms with van der Waals surface area (Å²) in [6, 6.07) is 8.15. The molecule has 7 heteroatoms. The molecule has 0 bridgehead atoms. The summed E-state index contributed by atoms with van der Waals surface area (Å²) in [6.45, 7) is 6.17. The molecule has 2 N–H and O–H groups in total. The summed E-state index contributed by atoms with van der Waals surface area (Å²) < 4.78 is 7.21. The summed E-state index contributed by atoms with van der Waals surface area (Å²) >= 11 is 0. The number of aliphatic imine (C=N–C) groups is 1. The zero-order valence-corrected chi connectivity index (χ0v) is 17.0. The fraction of sp³-hybridized carbons (Fsp3) is 0.412. The molecular formula is C17H26IN5O. The summed E-state index contributed by atoms with van der Waals surface area (Å²) in [5.41, 5.74) is 3.35. The van der Waals surface area contributed by atoms with Crippen molar-refractivity contribution in [1.82, 2.24) is 20.4 Å². The minimum absolute atomic E-state index is 0. The second-order valence-electron chi connectivity index (χ2n) is 5.30. The molecule has 1 aromatic heterocycles. The first kappa shape index (κ1) is 20.3. The number of aromatic nitrogens is 2. The Morgan fingerprint density at radius 2 is 2.08 bits per heavy atom. The van der Waals surface area contributed by atoms with Gasteiger partial charge in [-0.25, -0.2) is 4.99 Å². The minimum Gasteiger partial charge on any atom is -0.496 e. The minimum atomic E-state index is 0. The van der Waals surface area contributed by atoms with E-state index < -0.39 is 0 Å². The zero-order valence-electron chi connectivity index (χ0n) is 14.7. The van der Waals surface area contributed by atoms with E-state index in [4.69, 9.17) is 4.74 Å². The molecule has 0 amide bonds. The fourth-order valence-corrected chi connectivity index (χ4v) is 2.22. The molecule has 0 aliphatic heterocycles. The van der Waals surface area contributed by atoms with Crippen LogP contribution in [0.3, 0.4) is 0 Å². The van der Waals surface area contributed by atoms with Crippen LogP contribution in [0.25, 0.3) is 0 Å². The number of hydrogen-bond acceptors (Lipinski definition) is 3. The molecule has 1 aromatic carbocycles. The first-order valence-corrected chi connectivity index (χ1v) is 7.76. The van der Waals surface area contributed by atoms with E-state index in [9.17, 15) is 0 Å². The third-order valence-corrected chi connectivity index (χ3v) is 3.60. The van der Waals surface area contributed by atoms with Crippen LogP contribution in [-0.2, 0) is 20.1 Å². The molecule has 0 saturated heterocycles. The van der Waals surface area contributed by atoms with Gasteiger partial charge in [-0.05, 0) is 37.1 Å². The van der Waals surface area contributed by atoms with Crippen LogP contribution < -0.4 is 15.4 Å². The summed E-state index contributed by atoms with van der Waals surface area (Å²) in [5.74, 6) is 1.68.